The van der Waals surface area contributed by atoms with Crippen LogP contribution in [0.5, 0.6) is 0 Å². The fourth-order valence-electron chi connectivity index (χ4n) is 0.553. The van der Waals surface area contributed by atoms with E-state index in [1.54, 1.807) is 6.92 Å². The number of rotatable bonds is 3. The molecule has 0 aliphatic carbocycles. The molecule has 0 heterocycles. The van der Waals surface area contributed by atoms with Gasteiger partial charge in [0.05, 0.1) is 6.10 Å². The van der Waals surface area contributed by atoms with Gasteiger partial charge in [-0.25, -0.2) is 0 Å². The van der Waals surface area contributed by atoms with Crippen molar-refractivity contribution in [1.82, 2.24) is 0 Å². The highest BCUT2D eigenvalue weighted by atomic mass is 16.3. The van der Waals surface area contributed by atoms with Gasteiger partial charge in [-0.2, -0.15) is 0 Å². The molecule has 53 valence electrons. The van der Waals surface area contributed by atoms with Gasteiger partial charge < -0.3 is 10.2 Å². The Labute approximate surface area is 55.8 Å². The lowest BCUT2D eigenvalue weighted by atomic mass is 9.95. The van der Waals surface area contributed by atoms with Crippen LogP contribution in [0, 0.1) is 6.58 Å². The van der Waals surface area contributed by atoms with Crippen molar-refractivity contribution in [3.05, 3.63) is 12.7 Å². The van der Waals surface area contributed by atoms with Gasteiger partial charge >= 0.3 is 0 Å². The maximum absolute atomic E-state index is 9.28. The minimum absolute atomic E-state index is 0.432. The molecule has 0 aliphatic heterocycles. The van der Waals surface area contributed by atoms with E-state index in [1.165, 1.54) is 6.92 Å². The van der Waals surface area contributed by atoms with Crippen LogP contribution in [-0.4, -0.2) is 21.9 Å². The van der Waals surface area contributed by atoms with E-state index >= 15 is 0 Å². The van der Waals surface area contributed by atoms with E-state index in [4.69, 9.17) is 11.7 Å². The van der Waals surface area contributed by atoms with Gasteiger partial charge in [-0.3, -0.25) is 0 Å². The van der Waals surface area contributed by atoms with Gasteiger partial charge in [-0.1, -0.05) is 19.6 Å². The number of aliphatic hydroxyl groups excluding tert-OH is 1. The van der Waals surface area contributed by atoms with E-state index in [0.717, 1.165) is 6.08 Å². The summed E-state index contributed by atoms with van der Waals surface area (Å²) in [4.78, 5) is 0. The molecule has 2 N–H and O–H groups in total. The summed E-state index contributed by atoms with van der Waals surface area (Å²) in [6.45, 7) is 8.35. The summed E-state index contributed by atoms with van der Waals surface area (Å²) in [5.41, 5.74) is -1.21. The molecule has 0 fully saturated rings. The summed E-state index contributed by atoms with van der Waals surface area (Å²) >= 11 is 0. The summed E-state index contributed by atoms with van der Waals surface area (Å²) < 4.78 is 0. The predicted octanol–water partition coefficient (Wildman–Crippen LogP) is 0.497. The van der Waals surface area contributed by atoms with Gasteiger partial charge in [0, 0.05) is 0 Å². The van der Waals surface area contributed by atoms with Crippen LogP contribution in [0.15, 0.2) is 6.08 Å². The Kier molecular flexibility index (Phi) is 2.88. The smallest absolute Gasteiger partial charge is 0.108 e. The van der Waals surface area contributed by atoms with Crippen molar-refractivity contribution in [3.8, 4) is 0 Å². The molecule has 0 bridgehead atoms. The average Bonchev–Trinajstić information content (AvgIpc) is 1.86. The second kappa shape index (κ2) is 2.99. The third-order valence-electron chi connectivity index (χ3n) is 1.58. The zero-order chi connectivity index (χ0) is 7.49. The molecule has 0 saturated heterocycles. The molecule has 9 heavy (non-hydrogen) atoms. The SMILES string of the molecule is [CH]=CC(O)(CC)C(C)O. The Balaban J connectivity index is 4.08. The Morgan fingerprint density at radius 2 is 2.22 bits per heavy atom. The summed E-state index contributed by atoms with van der Waals surface area (Å²) in [5, 5.41) is 18.2. The molecule has 0 saturated carbocycles. The van der Waals surface area contributed by atoms with Crippen molar-refractivity contribution < 1.29 is 10.2 Å². The van der Waals surface area contributed by atoms with Crippen LogP contribution in [0.25, 0.3) is 0 Å². The minimum Gasteiger partial charge on any atom is -0.390 e. The number of hydrogen-bond donors (Lipinski definition) is 2. The first-order valence-corrected chi connectivity index (χ1v) is 3.03. The summed E-state index contributed by atoms with van der Waals surface area (Å²) in [6, 6.07) is 0. The van der Waals surface area contributed by atoms with Crippen molar-refractivity contribution in [1.29, 1.82) is 0 Å². The van der Waals surface area contributed by atoms with Crippen LogP contribution in [0.3, 0.4) is 0 Å². The Hall–Kier alpha value is -0.340. The van der Waals surface area contributed by atoms with E-state index in [9.17, 15) is 5.11 Å². The van der Waals surface area contributed by atoms with Gasteiger partial charge in [0.15, 0.2) is 0 Å². The lowest BCUT2D eigenvalue weighted by Gasteiger charge is -2.25. The first-order valence-electron chi connectivity index (χ1n) is 3.03. The zero-order valence-electron chi connectivity index (χ0n) is 5.83. The molecule has 0 rings (SSSR count). The highest BCUT2D eigenvalue weighted by molar-refractivity contribution is 4.96. The molecule has 2 atom stereocenters. The van der Waals surface area contributed by atoms with Crippen molar-refractivity contribution in [2.45, 2.75) is 32.0 Å². The molecule has 2 heteroatoms. The van der Waals surface area contributed by atoms with Crippen LogP contribution >= 0.6 is 0 Å². The topological polar surface area (TPSA) is 40.5 Å². The molecule has 2 nitrogen and oxygen atoms in total. The van der Waals surface area contributed by atoms with E-state index in [0.29, 0.717) is 6.42 Å². The fraction of sp³-hybridized carbons (Fsp3) is 0.714. The molecular weight excluding hydrogens is 116 g/mol. The molecule has 0 amide bonds. The van der Waals surface area contributed by atoms with Crippen molar-refractivity contribution >= 4 is 0 Å². The first kappa shape index (κ1) is 8.66. The second-order valence-electron chi connectivity index (χ2n) is 2.19. The molecule has 0 aliphatic rings. The zero-order valence-corrected chi connectivity index (χ0v) is 5.83. The van der Waals surface area contributed by atoms with E-state index < -0.39 is 11.7 Å². The van der Waals surface area contributed by atoms with E-state index in [2.05, 4.69) is 0 Å². The molecule has 0 aromatic heterocycles. The number of hydrogen-bond acceptors (Lipinski definition) is 2. The molecule has 0 spiro atoms. The first-order chi connectivity index (χ1) is 4.06. The molecular formula is C7H13O2. The maximum atomic E-state index is 9.28. The van der Waals surface area contributed by atoms with Crippen LogP contribution in [0.4, 0.5) is 0 Å². The minimum atomic E-state index is -1.21. The average molecular weight is 129 g/mol. The van der Waals surface area contributed by atoms with E-state index in [-0.39, 0.29) is 0 Å². The van der Waals surface area contributed by atoms with Crippen molar-refractivity contribution in [3.63, 3.8) is 0 Å². The second-order valence-corrected chi connectivity index (χ2v) is 2.19. The van der Waals surface area contributed by atoms with Crippen LogP contribution in [0.1, 0.15) is 20.3 Å². The Bertz CT molecular complexity index is 99.1. The third kappa shape index (κ3) is 1.80. The lowest BCUT2D eigenvalue weighted by molar-refractivity contribution is -0.0314. The van der Waals surface area contributed by atoms with Gasteiger partial charge in [-0.05, 0) is 13.3 Å². The number of aliphatic hydroxyl groups is 2. The molecule has 2 unspecified atom stereocenters. The van der Waals surface area contributed by atoms with Crippen LogP contribution in [0.2, 0.25) is 0 Å². The molecule has 0 aromatic rings. The maximum Gasteiger partial charge on any atom is 0.108 e. The van der Waals surface area contributed by atoms with Gasteiger partial charge in [-0.15, -0.1) is 0 Å². The standard InChI is InChI=1S/C7H13O2/c1-4-7(9,5-2)6(3)8/h1,4,6,8-9H,5H2,2-3H3. The highest BCUT2D eigenvalue weighted by Gasteiger charge is 2.25. The largest absolute Gasteiger partial charge is 0.390 e. The summed E-state index contributed by atoms with van der Waals surface area (Å²) in [5.74, 6) is 0. The van der Waals surface area contributed by atoms with Gasteiger partial charge in [0.1, 0.15) is 5.60 Å². The Morgan fingerprint density at radius 1 is 1.78 bits per heavy atom. The third-order valence-corrected chi connectivity index (χ3v) is 1.58. The fourth-order valence-corrected chi connectivity index (χ4v) is 0.553. The van der Waals surface area contributed by atoms with Gasteiger partial charge in [0.25, 0.3) is 0 Å². The molecule has 0 aromatic carbocycles. The summed E-state index contributed by atoms with van der Waals surface area (Å²) in [7, 11) is 0. The summed E-state index contributed by atoms with van der Waals surface area (Å²) in [6.07, 6.45) is 0.756. The predicted molar refractivity (Wildman–Crippen MR) is 35.8 cm³/mol. The van der Waals surface area contributed by atoms with Crippen molar-refractivity contribution in [2.24, 2.45) is 0 Å². The van der Waals surface area contributed by atoms with E-state index in [1.807, 2.05) is 0 Å². The molecule has 1 radical (unpaired) electrons. The van der Waals surface area contributed by atoms with Crippen LogP contribution < -0.4 is 0 Å². The van der Waals surface area contributed by atoms with Gasteiger partial charge in [0.2, 0.25) is 0 Å². The quantitative estimate of drug-likeness (QED) is 0.582. The normalized spacial score (nSPS) is 20.4. The monoisotopic (exact) mass is 129 g/mol. The highest BCUT2D eigenvalue weighted by Crippen LogP contribution is 2.15. The lowest BCUT2D eigenvalue weighted by Crippen LogP contribution is -2.37. The van der Waals surface area contributed by atoms with Crippen molar-refractivity contribution in [2.75, 3.05) is 0 Å². The Morgan fingerprint density at radius 3 is 2.22 bits per heavy atom. The van der Waals surface area contributed by atoms with Crippen LogP contribution in [-0.2, 0) is 0 Å².